The van der Waals surface area contributed by atoms with E-state index in [1.165, 1.54) is 31.7 Å². The second-order valence-corrected chi connectivity index (χ2v) is 7.04. The van der Waals surface area contributed by atoms with E-state index < -0.39 is 9.84 Å². The van der Waals surface area contributed by atoms with Gasteiger partial charge in [-0.3, -0.25) is 4.68 Å². The predicted octanol–water partition coefficient (Wildman–Crippen LogP) is 1.38. The van der Waals surface area contributed by atoms with Crippen molar-refractivity contribution in [3.05, 3.63) is 12.4 Å². The maximum atomic E-state index is 11.5. The van der Waals surface area contributed by atoms with Crippen molar-refractivity contribution in [2.75, 3.05) is 13.3 Å². The van der Waals surface area contributed by atoms with E-state index in [-0.39, 0.29) is 6.04 Å². The summed E-state index contributed by atoms with van der Waals surface area (Å²) in [5.74, 6) is 0. The van der Waals surface area contributed by atoms with Crippen LogP contribution in [0.3, 0.4) is 0 Å². The minimum Gasteiger partial charge on any atom is -0.315 e. The quantitative estimate of drug-likeness (QED) is 0.844. The molecule has 102 valence electrons. The van der Waals surface area contributed by atoms with Crippen molar-refractivity contribution in [3.8, 4) is 0 Å². The number of likely N-dealkylation sites (N-methyl/N-ethyl adjacent to an activating group) is 1. The molecule has 2 atom stereocenters. The first kappa shape index (κ1) is 13.5. The number of aromatic nitrogens is 2. The predicted molar refractivity (Wildman–Crippen MR) is 70.3 cm³/mol. The van der Waals surface area contributed by atoms with Crippen LogP contribution in [0.2, 0.25) is 0 Å². The highest BCUT2D eigenvalue weighted by atomic mass is 32.2. The van der Waals surface area contributed by atoms with Crippen LogP contribution in [0.1, 0.15) is 38.1 Å². The van der Waals surface area contributed by atoms with Crippen molar-refractivity contribution in [1.29, 1.82) is 0 Å². The zero-order chi connectivity index (χ0) is 13.2. The lowest BCUT2D eigenvalue weighted by Crippen LogP contribution is -2.34. The van der Waals surface area contributed by atoms with E-state index in [0.29, 0.717) is 10.9 Å². The van der Waals surface area contributed by atoms with E-state index in [1.807, 2.05) is 11.7 Å². The molecule has 5 nitrogen and oxygen atoms in total. The molecule has 0 aliphatic heterocycles. The molecule has 2 rings (SSSR count). The summed E-state index contributed by atoms with van der Waals surface area (Å²) in [5, 5.41) is 7.57. The van der Waals surface area contributed by atoms with Crippen LogP contribution in [0.15, 0.2) is 17.3 Å². The molecular weight excluding hydrogens is 250 g/mol. The lowest BCUT2D eigenvalue weighted by atomic mass is 10.0. The summed E-state index contributed by atoms with van der Waals surface area (Å²) in [6.45, 7) is 0. The van der Waals surface area contributed by atoms with Crippen LogP contribution in [0, 0.1) is 0 Å². The van der Waals surface area contributed by atoms with Crippen LogP contribution in [0.25, 0.3) is 0 Å². The summed E-state index contributed by atoms with van der Waals surface area (Å²) in [5.41, 5.74) is 0. The maximum absolute atomic E-state index is 11.5. The second kappa shape index (κ2) is 5.40. The molecule has 6 heteroatoms. The highest BCUT2D eigenvalue weighted by Crippen LogP contribution is 2.27. The molecule has 18 heavy (non-hydrogen) atoms. The fourth-order valence-electron chi connectivity index (χ4n) is 2.63. The van der Waals surface area contributed by atoms with E-state index in [2.05, 4.69) is 10.4 Å². The van der Waals surface area contributed by atoms with E-state index in [9.17, 15) is 8.42 Å². The van der Waals surface area contributed by atoms with Crippen LogP contribution in [-0.2, 0) is 9.84 Å². The first-order valence-electron chi connectivity index (χ1n) is 6.44. The summed E-state index contributed by atoms with van der Waals surface area (Å²) >= 11 is 0. The summed E-state index contributed by atoms with van der Waals surface area (Å²) in [7, 11) is -1.20. The van der Waals surface area contributed by atoms with Crippen LogP contribution < -0.4 is 5.32 Å². The molecule has 0 bridgehead atoms. The minimum atomic E-state index is -3.16. The molecule has 0 radical (unpaired) electrons. The van der Waals surface area contributed by atoms with Gasteiger partial charge in [-0.25, -0.2) is 8.42 Å². The van der Waals surface area contributed by atoms with Crippen LogP contribution in [-0.4, -0.2) is 37.5 Å². The second-order valence-electron chi connectivity index (χ2n) is 5.03. The average molecular weight is 271 g/mol. The third-order valence-electron chi connectivity index (χ3n) is 3.70. The molecule has 1 aromatic heterocycles. The molecule has 1 N–H and O–H groups in total. The Morgan fingerprint density at radius 2 is 2.06 bits per heavy atom. The first-order valence-corrected chi connectivity index (χ1v) is 8.33. The lowest BCUT2D eigenvalue weighted by molar-refractivity contribution is 0.322. The SMILES string of the molecule is CNC1CCCCCC1n1cc(S(C)(=O)=O)cn1. The minimum absolute atomic E-state index is 0.257. The Bertz CT molecular complexity index is 495. The average Bonchev–Trinajstić information content (AvgIpc) is 2.68. The molecule has 2 unspecified atom stereocenters. The molecular formula is C12H21N3O2S. The number of hydrogen-bond acceptors (Lipinski definition) is 4. The zero-order valence-electron chi connectivity index (χ0n) is 11.0. The standard InChI is InChI=1S/C12H21N3O2S/c1-13-11-6-4-3-5-7-12(11)15-9-10(8-14-15)18(2,16)17/h8-9,11-13H,3-7H2,1-2H3. The van der Waals surface area contributed by atoms with Gasteiger partial charge in [0.1, 0.15) is 4.90 Å². The summed E-state index contributed by atoms with van der Waals surface area (Å²) in [4.78, 5) is 0.307. The van der Waals surface area contributed by atoms with Gasteiger partial charge in [0.25, 0.3) is 0 Å². The van der Waals surface area contributed by atoms with Gasteiger partial charge in [-0.15, -0.1) is 0 Å². The van der Waals surface area contributed by atoms with Crippen LogP contribution in [0.4, 0.5) is 0 Å². The molecule has 1 aliphatic carbocycles. The summed E-state index contributed by atoms with van der Waals surface area (Å²) in [6.07, 6.45) is 10.2. The molecule has 1 saturated carbocycles. The Balaban J connectivity index is 2.25. The summed E-state index contributed by atoms with van der Waals surface area (Å²) < 4.78 is 24.8. The van der Waals surface area contributed by atoms with Crippen molar-refractivity contribution in [2.24, 2.45) is 0 Å². The van der Waals surface area contributed by atoms with Crippen molar-refractivity contribution in [2.45, 2.75) is 49.1 Å². The van der Waals surface area contributed by atoms with E-state index >= 15 is 0 Å². The molecule has 0 amide bonds. The first-order chi connectivity index (χ1) is 8.52. The fraction of sp³-hybridized carbons (Fsp3) is 0.750. The van der Waals surface area contributed by atoms with Gasteiger partial charge in [0.05, 0.1) is 12.2 Å². The number of sulfone groups is 1. The van der Waals surface area contributed by atoms with E-state index in [1.54, 1.807) is 6.20 Å². The third kappa shape index (κ3) is 2.92. The van der Waals surface area contributed by atoms with Gasteiger partial charge in [0.2, 0.25) is 0 Å². The molecule has 1 aliphatic rings. The number of rotatable bonds is 3. The largest absolute Gasteiger partial charge is 0.315 e. The van der Waals surface area contributed by atoms with Crippen LogP contribution in [0.5, 0.6) is 0 Å². The van der Waals surface area contributed by atoms with Crippen LogP contribution >= 0.6 is 0 Å². The molecule has 0 saturated heterocycles. The fourth-order valence-corrected chi connectivity index (χ4v) is 3.17. The van der Waals surface area contributed by atoms with Crippen molar-refractivity contribution < 1.29 is 8.42 Å². The molecule has 1 heterocycles. The van der Waals surface area contributed by atoms with Gasteiger partial charge < -0.3 is 5.32 Å². The molecule has 0 aromatic carbocycles. The van der Waals surface area contributed by atoms with Gasteiger partial charge in [0, 0.05) is 18.5 Å². The van der Waals surface area contributed by atoms with Crippen molar-refractivity contribution >= 4 is 9.84 Å². The molecule has 1 aromatic rings. The Kier molecular flexibility index (Phi) is 4.07. The van der Waals surface area contributed by atoms with Gasteiger partial charge >= 0.3 is 0 Å². The number of hydrogen-bond donors (Lipinski definition) is 1. The maximum Gasteiger partial charge on any atom is 0.178 e. The van der Waals surface area contributed by atoms with E-state index in [0.717, 1.165) is 12.8 Å². The van der Waals surface area contributed by atoms with Gasteiger partial charge in [-0.2, -0.15) is 5.10 Å². The number of nitrogens with one attached hydrogen (secondary N) is 1. The molecule has 1 fully saturated rings. The van der Waals surface area contributed by atoms with Crippen molar-refractivity contribution in [1.82, 2.24) is 15.1 Å². The highest BCUT2D eigenvalue weighted by Gasteiger charge is 2.25. The Morgan fingerprint density at radius 1 is 1.33 bits per heavy atom. The zero-order valence-corrected chi connectivity index (χ0v) is 11.8. The third-order valence-corrected chi connectivity index (χ3v) is 4.76. The Hall–Kier alpha value is -0.880. The monoisotopic (exact) mass is 271 g/mol. The van der Waals surface area contributed by atoms with Gasteiger partial charge in [0.15, 0.2) is 9.84 Å². The van der Waals surface area contributed by atoms with Gasteiger partial charge in [-0.1, -0.05) is 19.3 Å². The van der Waals surface area contributed by atoms with Gasteiger partial charge in [-0.05, 0) is 19.9 Å². The topological polar surface area (TPSA) is 64.0 Å². The summed E-state index contributed by atoms with van der Waals surface area (Å²) in [6, 6.07) is 0.632. The Morgan fingerprint density at radius 3 is 2.67 bits per heavy atom. The molecule has 0 spiro atoms. The smallest absolute Gasteiger partial charge is 0.178 e. The normalized spacial score (nSPS) is 25.9. The lowest BCUT2D eigenvalue weighted by Gasteiger charge is -2.24. The highest BCUT2D eigenvalue weighted by molar-refractivity contribution is 7.90. The Labute approximate surface area is 108 Å². The van der Waals surface area contributed by atoms with Crippen molar-refractivity contribution in [3.63, 3.8) is 0 Å². The van der Waals surface area contributed by atoms with E-state index in [4.69, 9.17) is 0 Å². The number of nitrogens with zero attached hydrogens (tertiary/aromatic N) is 2.